The molecule has 32 heavy (non-hydrogen) atoms. The summed E-state index contributed by atoms with van der Waals surface area (Å²) in [5.74, 6) is 0.720. The van der Waals surface area contributed by atoms with Gasteiger partial charge in [0.1, 0.15) is 11.2 Å². The number of carbonyl (C=O) groups is 1. The van der Waals surface area contributed by atoms with Crippen LogP contribution < -0.4 is 0 Å². The summed E-state index contributed by atoms with van der Waals surface area (Å²) in [5.41, 5.74) is 7.59. The van der Waals surface area contributed by atoms with E-state index >= 15 is 0 Å². The molecule has 5 rings (SSSR count). The van der Waals surface area contributed by atoms with Gasteiger partial charge >= 0.3 is 5.97 Å². The highest BCUT2D eigenvalue weighted by molar-refractivity contribution is 7.98. The van der Waals surface area contributed by atoms with E-state index in [1.54, 1.807) is 11.8 Å². The molecule has 1 N–H and O–H groups in total. The molecule has 0 aliphatic carbocycles. The van der Waals surface area contributed by atoms with Crippen molar-refractivity contribution in [3.63, 3.8) is 0 Å². The van der Waals surface area contributed by atoms with E-state index in [0.29, 0.717) is 5.75 Å². The van der Waals surface area contributed by atoms with Crippen LogP contribution in [0.2, 0.25) is 0 Å². The smallest absolute Gasteiger partial charge is 0.304 e. The monoisotopic (exact) mass is 438 g/mol. The normalized spacial score (nSPS) is 11.2. The summed E-state index contributed by atoms with van der Waals surface area (Å²) in [6, 6.07) is 31.5. The number of fused-ring (bicyclic) bond motifs is 3. The van der Waals surface area contributed by atoms with Crippen molar-refractivity contribution >= 4 is 39.7 Å². The van der Waals surface area contributed by atoms with Crippen LogP contribution in [0.25, 0.3) is 44.2 Å². The molecule has 1 heterocycles. The molecule has 4 aromatic carbocycles. The Morgan fingerprint density at radius 1 is 0.750 bits per heavy atom. The van der Waals surface area contributed by atoms with Gasteiger partial charge in [-0.1, -0.05) is 84.9 Å². The molecule has 0 unspecified atom stereocenters. The van der Waals surface area contributed by atoms with Crippen LogP contribution in [0.5, 0.6) is 0 Å². The first-order valence-corrected chi connectivity index (χ1v) is 11.7. The van der Waals surface area contributed by atoms with E-state index < -0.39 is 5.97 Å². The van der Waals surface area contributed by atoms with Crippen molar-refractivity contribution in [2.24, 2.45) is 0 Å². The number of para-hydroxylation sites is 2. The molecule has 0 radical (unpaired) electrons. The van der Waals surface area contributed by atoms with Crippen LogP contribution in [0.4, 0.5) is 0 Å². The Balaban J connectivity index is 1.36. The van der Waals surface area contributed by atoms with Crippen LogP contribution in [0.3, 0.4) is 0 Å². The van der Waals surface area contributed by atoms with Gasteiger partial charge in [0.15, 0.2) is 0 Å². The SMILES string of the molecule is O=C(O)CCSCc1ccc(-c2ccc(-c3cccc4c3oc3ccccc34)cc2)cc1. The molecule has 4 heteroatoms. The van der Waals surface area contributed by atoms with Crippen molar-refractivity contribution in [2.75, 3.05) is 5.75 Å². The van der Waals surface area contributed by atoms with Crippen LogP contribution >= 0.6 is 11.8 Å². The van der Waals surface area contributed by atoms with Gasteiger partial charge in [0.25, 0.3) is 0 Å². The van der Waals surface area contributed by atoms with Gasteiger partial charge in [-0.05, 0) is 28.3 Å². The third-order valence-corrected chi connectivity index (χ3v) is 6.65. The number of aliphatic carboxylic acids is 1. The number of thioether (sulfide) groups is 1. The van der Waals surface area contributed by atoms with Crippen molar-refractivity contribution in [2.45, 2.75) is 12.2 Å². The molecule has 158 valence electrons. The molecular formula is C28H22O3S. The van der Waals surface area contributed by atoms with E-state index in [1.165, 1.54) is 5.56 Å². The minimum absolute atomic E-state index is 0.205. The van der Waals surface area contributed by atoms with Gasteiger partial charge in [-0.2, -0.15) is 11.8 Å². The molecule has 0 atom stereocenters. The lowest BCUT2D eigenvalue weighted by molar-refractivity contribution is -0.136. The number of hydrogen-bond acceptors (Lipinski definition) is 3. The van der Waals surface area contributed by atoms with Crippen LogP contribution in [0.1, 0.15) is 12.0 Å². The van der Waals surface area contributed by atoms with Gasteiger partial charge in [-0.25, -0.2) is 0 Å². The maximum Gasteiger partial charge on any atom is 0.304 e. The van der Waals surface area contributed by atoms with E-state index in [9.17, 15) is 4.79 Å². The summed E-state index contributed by atoms with van der Waals surface area (Å²) < 4.78 is 6.18. The summed E-state index contributed by atoms with van der Waals surface area (Å²) in [4.78, 5) is 10.6. The minimum atomic E-state index is -0.743. The van der Waals surface area contributed by atoms with Crippen LogP contribution in [0.15, 0.2) is 95.4 Å². The Hall–Kier alpha value is -3.50. The van der Waals surface area contributed by atoms with Gasteiger partial charge in [0.2, 0.25) is 0 Å². The summed E-state index contributed by atoms with van der Waals surface area (Å²) >= 11 is 1.65. The molecule has 0 saturated carbocycles. The number of benzene rings is 4. The quantitative estimate of drug-likeness (QED) is 0.265. The Labute approximate surface area is 190 Å². The molecule has 5 aromatic rings. The second kappa shape index (κ2) is 8.93. The van der Waals surface area contributed by atoms with Crippen molar-refractivity contribution in [3.8, 4) is 22.3 Å². The zero-order chi connectivity index (χ0) is 21.9. The van der Waals surface area contributed by atoms with Gasteiger partial charge in [-0.3, -0.25) is 4.79 Å². The van der Waals surface area contributed by atoms with Gasteiger partial charge in [0.05, 0.1) is 6.42 Å². The third-order valence-electron chi connectivity index (χ3n) is 5.62. The standard InChI is InChI=1S/C28H22O3S/c29-27(30)16-17-32-18-19-8-10-20(11-9-19)21-12-14-22(15-13-21)23-5-3-6-25-24-4-1-2-7-26(24)31-28(23)25/h1-15H,16-18H2,(H,29,30). The summed E-state index contributed by atoms with van der Waals surface area (Å²) in [6.45, 7) is 0. The fourth-order valence-electron chi connectivity index (χ4n) is 3.96. The largest absolute Gasteiger partial charge is 0.481 e. The van der Waals surface area contributed by atoms with E-state index in [2.05, 4.69) is 72.8 Å². The molecule has 0 saturated heterocycles. The second-order valence-corrected chi connectivity index (χ2v) is 8.86. The summed E-state index contributed by atoms with van der Waals surface area (Å²) in [6.07, 6.45) is 0.205. The zero-order valence-corrected chi connectivity index (χ0v) is 18.3. The van der Waals surface area contributed by atoms with Crippen LogP contribution in [0, 0.1) is 0 Å². The average Bonchev–Trinajstić information content (AvgIpc) is 3.21. The topological polar surface area (TPSA) is 50.4 Å². The van der Waals surface area contributed by atoms with Crippen molar-refractivity contribution < 1.29 is 14.3 Å². The molecule has 0 aliphatic heterocycles. The fourth-order valence-corrected chi connectivity index (χ4v) is 4.85. The number of rotatable bonds is 7. The Morgan fingerprint density at radius 3 is 2.16 bits per heavy atom. The zero-order valence-electron chi connectivity index (χ0n) is 17.5. The van der Waals surface area contributed by atoms with Crippen molar-refractivity contribution in [1.29, 1.82) is 0 Å². The highest BCUT2D eigenvalue weighted by Gasteiger charge is 2.11. The average molecular weight is 439 g/mol. The first-order chi connectivity index (χ1) is 15.7. The van der Waals surface area contributed by atoms with Crippen LogP contribution in [-0.4, -0.2) is 16.8 Å². The lowest BCUT2D eigenvalue weighted by atomic mass is 9.98. The van der Waals surface area contributed by atoms with Crippen molar-refractivity contribution in [1.82, 2.24) is 0 Å². The van der Waals surface area contributed by atoms with E-state index in [0.717, 1.165) is 49.9 Å². The lowest BCUT2D eigenvalue weighted by Crippen LogP contribution is -1.96. The third kappa shape index (κ3) is 4.14. The number of hydrogen-bond donors (Lipinski definition) is 1. The molecule has 0 fully saturated rings. The molecule has 0 spiro atoms. The number of carboxylic acid groups (broad SMARTS) is 1. The Bertz CT molecular complexity index is 1380. The molecule has 1 aromatic heterocycles. The predicted octanol–water partition coefficient (Wildman–Crippen LogP) is 7.63. The van der Waals surface area contributed by atoms with Crippen molar-refractivity contribution in [3.05, 3.63) is 96.6 Å². The summed E-state index contributed by atoms with van der Waals surface area (Å²) in [7, 11) is 0. The molecule has 0 aliphatic rings. The minimum Gasteiger partial charge on any atom is -0.481 e. The highest BCUT2D eigenvalue weighted by atomic mass is 32.2. The molecule has 0 amide bonds. The fraction of sp³-hybridized carbons (Fsp3) is 0.107. The van der Waals surface area contributed by atoms with Gasteiger partial charge in [-0.15, -0.1) is 0 Å². The second-order valence-electron chi connectivity index (χ2n) is 7.75. The molecule has 0 bridgehead atoms. The number of furan rings is 1. The number of carboxylic acids is 1. The van der Waals surface area contributed by atoms with Gasteiger partial charge in [0, 0.05) is 27.8 Å². The maximum absolute atomic E-state index is 10.6. The predicted molar refractivity (Wildman–Crippen MR) is 133 cm³/mol. The Morgan fingerprint density at radius 2 is 1.41 bits per heavy atom. The highest BCUT2D eigenvalue weighted by Crippen LogP contribution is 2.36. The molecular weight excluding hydrogens is 416 g/mol. The lowest BCUT2D eigenvalue weighted by Gasteiger charge is -2.07. The molecule has 3 nitrogen and oxygen atoms in total. The van der Waals surface area contributed by atoms with E-state index in [-0.39, 0.29) is 6.42 Å². The first-order valence-electron chi connectivity index (χ1n) is 10.6. The van der Waals surface area contributed by atoms with E-state index in [4.69, 9.17) is 9.52 Å². The van der Waals surface area contributed by atoms with Crippen LogP contribution in [-0.2, 0) is 10.5 Å². The Kier molecular flexibility index (Phi) is 5.70. The first kappa shape index (κ1) is 20.4. The van der Waals surface area contributed by atoms with E-state index in [1.807, 2.05) is 18.2 Å². The summed E-state index contributed by atoms with van der Waals surface area (Å²) in [5, 5.41) is 11.0. The van der Waals surface area contributed by atoms with Gasteiger partial charge < -0.3 is 9.52 Å². The maximum atomic E-state index is 10.6.